The second kappa shape index (κ2) is 7.45. The summed E-state index contributed by atoms with van der Waals surface area (Å²) >= 11 is 3.37. The smallest absolute Gasteiger partial charge is 0.328 e. The highest BCUT2D eigenvalue weighted by atomic mass is 79.9. The summed E-state index contributed by atoms with van der Waals surface area (Å²) in [6.07, 6.45) is 3.39. The van der Waals surface area contributed by atoms with Crippen LogP contribution in [0.2, 0.25) is 0 Å². The average Bonchev–Trinajstić information content (AvgIpc) is 2.39. The van der Waals surface area contributed by atoms with Crippen LogP contribution in [0.1, 0.15) is 25.8 Å². The van der Waals surface area contributed by atoms with Crippen molar-refractivity contribution in [2.75, 3.05) is 13.7 Å². The molecule has 1 rings (SSSR count). The van der Waals surface area contributed by atoms with Crippen LogP contribution < -0.4 is 4.74 Å². The Morgan fingerprint density at radius 2 is 2.15 bits per heavy atom. The Kier molecular flexibility index (Phi) is 6.23. The van der Waals surface area contributed by atoms with Crippen molar-refractivity contribution in [2.45, 2.75) is 25.9 Å². The lowest BCUT2D eigenvalue weighted by molar-refractivity contribution is -0.131. The minimum atomic E-state index is -0.981. The molecule has 0 aliphatic heterocycles. The molecule has 0 bridgehead atoms. The average molecular weight is 343 g/mol. The van der Waals surface area contributed by atoms with E-state index in [2.05, 4.69) is 15.9 Å². The van der Waals surface area contributed by atoms with E-state index >= 15 is 0 Å². The van der Waals surface area contributed by atoms with Crippen LogP contribution in [0.15, 0.2) is 28.7 Å². The highest BCUT2D eigenvalue weighted by Gasteiger charge is 2.16. The van der Waals surface area contributed by atoms with Gasteiger partial charge in [-0.25, -0.2) is 4.79 Å². The first kappa shape index (κ1) is 16.7. The first-order valence-electron chi connectivity index (χ1n) is 6.22. The highest BCUT2D eigenvalue weighted by Crippen LogP contribution is 2.24. The van der Waals surface area contributed by atoms with Gasteiger partial charge in [-0.3, -0.25) is 0 Å². The third-order valence-corrected chi connectivity index (χ3v) is 3.62. The first-order valence-corrected chi connectivity index (χ1v) is 7.02. The summed E-state index contributed by atoms with van der Waals surface area (Å²) in [5, 5.41) is 8.65. The number of hydrogen-bond acceptors (Lipinski definition) is 3. The quantitative estimate of drug-likeness (QED) is 0.767. The van der Waals surface area contributed by atoms with E-state index in [1.54, 1.807) is 13.2 Å². The van der Waals surface area contributed by atoms with Crippen molar-refractivity contribution < 1.29 is 19.4 Å². The molecule has 1 aromatic rings. The molecule has 0 atom stereocenters. The van der Waals surface area contributed by atoms with Crippen molar-refractivity contribution in [3.8, 4) is 5.75 Å². The normalized spacial score (nSPS) is 11.8. The van der Waals surface area contributed by atoms with Crippen LogP contribution in [0, 0.1) is 0 Å². The van der Waals surface area contributed by atoms with Crippen molar-refractivity contribution in [2.24, 2.45) is 0 Å². The maximum atomic E-state index is 10.5. The molecule has 1 N–H and O–H groups in total. The lowest BCUT2D eigenvalue weighted by Crippen LogP contribution is -2.25. The third kappa shape index (κ3) is 5.75. The molecule has 0 radical (unpaired) electrons. The lowest BCUT2D eigenvalue weighted by atomic mass is 10.1. The SMILES string of the molecule is COC(C)(C)CCOc1ccc(Br)c(/C=C/C(=O)O)c1. The van der Waals surface area contributed by atoms with Crippen LogP contribution >= 0.6 is 15.9 Å². The van der Waals surface area contributed by atoms with Gasteiger partial charge >= 0.3 is 5.97 Å². The maximum Gasteiger partial charge on any atom is 0.328 e. The molecule has 5 heteroatoms. The number of carboxylic acids is 1. The third-order valence-electron chi connectivity index (χ3n) is 2.90. The van der Waals surface area contributed by atoms with E-state index in [1.807, 2.05) is 26.0 Å². The van der Waals surface area contributed by atoms with Crippen LogP contribution in [-0.2, 0) is 9.53 Å². The van der Waals surface area contributed by atoms with E-state index in [4.69, 9.17) is 14.6 Å². The van der Waals surface area contributed by atoms with Crippen LogP contribution in [0.3, 0.4) is 0 Å². The van der Waals surface area contributed by atoms with Gasteiger partial charge in [-0.1, -0.05) is 15.9 Å². The number of benzene rings is 1. The molecule has 0 spiro atoms. The standard InChI is InChI=1S/C15H19BrO4/c1-15(2,19-3)8-9-20-12-5-6-13(16)11(10-12)4-7-14(17)18/h4-7,10H,8-9H2,1-3H3,(H,17,18)/b7-4+. The summed E-state index contributed by atoms with van der Waals surface area (Å²) < 4.78 is 11.8. The molecular formula is C15H19BrO4. The van der Waals surface area contributed by atoms with Gasteiger partial charge in [0.25, 0.3) is 0 Å². The molecule has 1 aromatic carbocycles. The summed E-state index contributed by atoms with van der Waals surface area (Å²) in [5.41, 5.74) is 0.539. The van der Waals surface area contributed by atoms with E-state index in [0.717, 1.165) is 22.5 Å². The number of aliphatic carboxylic acids is 1. The largest absolute Gasteiger partial charge is 0.493 e. The van der Waals surface area contributed by atoms with Gasteiger partial charge in [0.05, 0.1) is 12.2 Å². The van der Waals surface area contributed by atoms with E-state index < -0.39 is 5.97 Å². The Bertz CT molecular complexity index is 495. The minimum absolute atomic E-state index is 0.221. The second-order valence-electron chi connectivity index (χ2n) is 4.92. The van der Waals surface area contributed by atoms with Gasteiger partial charge in [-0.2, -0.15) is 0 Å². The summed E-state index contributed by atoms with van der Waals surface area (Å²) in [5.74, 6) is -0.282. The zero-order chi connectivity index (χ0) is 15.2. The maximum absolute atomic E-state index is 10.5. The molecule has 0 heterocycles. The number of hydrogen-bond donors (Lipinski definition) is 1. The van der Waals surface area contributed by atoms with E-state index in [0.29, 0.717) is 12.4 Å². The molecule has 4 nitrogen and oxygen atoms in total. The second-order valence-corrected chi connectivity index (χ2v) is 5.77. The van der Waals surface area contributed by atoms with Gasteiger partial charge in [-0.05, 0) is 43.7 Å². The molecule has 0 saturated carbocycles. The number of ether oxygens (including phenoxy) is 2. The summed E-state index contributed by atoms with van der Waals surface area (Å²) in [6.45, 7) is 4.53. The van der Waals surface area contributed by atoms with Crippen LogP contribution in [0.5, 0.6) is 5.75 Å². The van der Waals surface area contributed by atoms with Crippen molar-refractivity contribution in [3.63, 3.8) is 0 Å². The minimum Gasteiger partial charge on any atom is -0.493 e. The van der Waals surface area contributed by atoms with Crippen molar-refractivity contribution >= 4 is 28.0 Å². The molecule has 110 valence electrons. The lowest BCUT2D eigenvalue weighted by Gasteiger charge is -2.22. The van der Waals surface area contributed by atoms with E-state index in [9.17, 15) is 4.79 Å². The summed E-state index contributed by atoms with van der Waals surface area (Å²) in [4.78, 5) is 10.5. The fourth-order valence-corrected chi connectivity index (χ4v) is 1.80. The zero-order valence-corrected chi connectivity index (χ0v) is 13.4. The predicted molar refractivity (Wildman–Crippen MR) is 82.0 cm³/mol. The van der Waals surface area contributed by atoms with Gasteiger partial charge < -0.3 is 14.6 Å². The molecule has 0 aromatic heterocycles. The van der Waals surface area contributed by atoms with Gasteiger partial charge in [0.2, 0.25) is 0 Å². The molecule has 0 fully saturated rings. The van der Waals surface area contributed by atoms with E-state index in [-0.39, 0.29) is 5.60 Å². The monoisotopic (exact) mass is 342 g/mol. The molecule has 0 amide bonds. The number of carboxylic acid groups (broad SMARTS) is 1. The molecule has 0 unspecified atom stereocenters. The predicted octanol–water partition coefficient (Wildman–Crippen LogP) is 3.74. The molecule has 0 aliphatic carbocycles. The Balaban J connectivity index is 2.68. The summed E-state index contributed by atoms with van der Waals surface area (Å²) in [7, 11) is 1.68. The van der Waals surface area contributed by atoms with E-state index in [1.165, 1.54) is 6.08 Å². The van der Waals surface area contributed by atoms with Gasteiger partial charge in [0, 0.05) is 24.1 Å². The van der Waals surface area contributed by atoms with Gasteiger partial charge in [0.1, 0.15) is 5.75 Å². The van der Waals surface area contributed by atoms with Gasteiger partial charge in [0.15, 0.2) is 0 Å². The van der Waals surface area contributed by atoms with Crippen molar-refractivity contribution in [1.82, 2.24) is 0 Å². The Hall–Kier alpha value is -1.33. The number of rotatable bonds is 7. The number of carbonyl (C=O) groups is 1. The van der Waals surface area contributed by atoms with Crippen molar-refractivity contribution in [1.29, 1.82) is 0 Å². The van der Waals surface area contributed by atoms with Crippen LogP contribution in [0.4, 0.5) is 0 Å². The summed E-state index contributed by atoms with van der Waals surface area (Å²) in [6, 6.07) is 5.46. The Morgan fingerprint density at radius 1 is 1.45 bits per heavy atom. The molecular weight excluding hydrogens is 324 g/mol. The molecule has 0 aliphatic rings. The zero-order valence-electron chi connectivity index (χ0n) is 11.9. The van der Waals surface area contributed by atoms with Gasteiger partial charge in [-0.15, -0.1) is 0 Å². The fourth-order valence-electron chi connectivity index (χ4n) is 1.42. The Labute approximate surface area is 127 Å². The number of methoxy groups -OCH3 is 1. The number of halogens is 1. The molecule has 0 saturated heterocycles. The first-order chi connectivity index (χ1) is 9.34. The molecule has 20 heavy (non-hydrogen) atoms. The highest BCUT2D eigenvalue weighted by molar-refractivity contribution is 9.10. The fraction of sp³-hybridized carbons (Fsp3) is 0.400. The Morgan fingerprint density at radius 3 is 2.75 bits per heavy atom. The van der Waals surface area contributed by atoms with Crippen molar-refractivity contribution in [3.05, 3.63) is 34.3 Å². The topological polar surface area (TPSA) is 55.8 Å². The van der Waals surface area contributed by atoms with Crippen LogP contribution in [-0.4, -0.2) is 30.4 Å². The van der Waals surface area contributed by atoms with Crippen LogP contribution in [0.25, 0.3) is 6.08 Å².